The number of halogens is 1. The number of para-hydroxylation sites is 1. The number of hydrogen-bond donors (Lipinski definition) is 1. The van der Waals surface area contributed by atoms with Crippen LogP contribution in [0.4, 0.5) is 11.4 Å². The number of rotatable bonds is 4. The zero-order valence-electron chi connectivity index (χ0n) is 13.8. The maximum atomic E-state index is 12.2. The van der Waals surface area contributed by atoms with Crippen LogP contribution in [0.1, 0.15) is 5.56 Å². The van der Waals surface area contributed by atoms with Crippen LogP contribution in [0.25, 0.3) is 0 Å². The summed E-state index contributed by atoms with van der Waals surface area (Å²) in [7, 11) is 0. The lowest BCUT2D eigenvalue weighted by molar-refractivity contribution is -0.117. The summed E-state index contributed by atoms with van der Waals surface area (Å²) in [5, 5.41) is 3.53. The summed E-state index contributed by atoms with van der Waals surface area (Å²) < 4.78 is 0. The number of benzene rings is 2. The Hall–Kier alpha value is -2.04. The first-order valence-corrected chi connectivity index (χ1v) is 8.58. The molecule has 1 fully saturated rings. The van der Waals surface area contributed by atoms with E-state index in [4.69, 9.17) is 11.6 Å². The van der Waals surface area contributed by atoms with Gasteiger partial charge in [0, 0.05) is 42.6 Å². The van der Waals surface area contributed by atoms with Crippen LogP contribution < -0.4 is 10.2 Å². The van der Waals surface area contributed by atoms with Crippen molar-refractivity contribution in [3.8, 4) is 0 Å². The fourth-order valence-corrected chi connectivity index (χ4v) is 3.23. The summed E-state index contributed by atoms with van der Waals surface area (Å²) in [6.07, 6.45) is 0. The molecule has 1 amide bonds. The smallest absolute Gasteiger partial charge is 0.238 e. The highest BCUT2D eigenvalue weighted by molar-refractivity contribution is 6.30. The average molecular weight is 344 g/mol. The number of nitrogens with one attached hydrogen (secondary N) is 1. The van der Waals surface area contributed by atoms with E-state index >= 15 is 0 Å². The van der Waals surface area contributed by atoms with Crippen LogP contribution in [0.2, 0.25) is 5.02 Å². The number of aryl methyl sites for hydroxylation is 1. The molecule has 3 rings (SSSR count). The van der Waals surface area contributed by atoms with Crippen molar-refractivity contribution in [2.75, 3.05) is 42.9 Å². The lowest BCUT2D eigenvalue weighted by Gasteiger charge is -2.36. The van der Waals surface area contributed by atoms with Gasteiger partial charge in [-0.25, -0.2) is 0 Å². The fourth-order valence-electron chi connectivity index (χ4n) is 3.03. The Morgan fingerprint density at radius 2 is 1.83 bits per heavy atom. The molecule has 0 bridgehead atoms. The molecule has 1 aliphatic rings. The molecule has 0 radical (unpaired) electrons. The van der Waals surface area contributed by atoms with Gasteiger partial charge in [0.05, 0.1) is 6.54 Å². The maximum Gasteiger partial charge on any atom is 0.238 e. The van der Waals surface area contributed by atoms with Crippen molar-refractivity contribution in [3.05, 3.63) is 59.1 Å². The largest absolute Gasteiger partial charge is 0.369 e. The Labute approximate surface area is 148 Å². The van der Waals surface area contributed by atoms with Crippen LogP contribution in [0.3, 0.4) is 0 Å². The minimum absolute atomic E-state index is 0.00149. The highest BCUT2D eigenvalue weighted by Gasteiger charge is 2.20. The molecule has 0 unspecified atom stereocenters. The topological polar surface area (TPSA) is 35.6 Å². The molecule has 5 heteroatoms. The lowest BCUT2D eigenvalue weighted by atomic mass is 10.1. The molecule has 1 heterocycles. The van der Waals surface area contributed by atoms with E-state index in [0.29, 0.717) is 11.6 Å². The lowest BCUT2D eigenvalue weighted by Crippen LogP contribution is -2.48. The van der Waals surface area contributed by atoms with E-state index in [2.05, 4.69) is 46.3 Å². The second kappa shape index (κ2) is 7.69. The van der Waals surface area contributed by atoms with Crippen molar-refractivity contribution in [2.24, 2.45) is 0 Å². The van der Waals surface area contributed by atoms with Gasteiger partial charge in [0.15, 0.2) is 0 Å². The second-order valence-corrected chi connectivity index (χ2v) is 6.54. The number of hydrogen-bond acceptors (Lipinski definition) is 3. The molecule has 0 aromatic heterocycles. The molecular weight excluding hydrogens is 322 g/mol. The molecular formula is C19H22ClN3O. The molecule has 126 valence electrons. The van der Waals surface area contributed by atoms with Crippen LogP contribution >= 0.6 is 11.6 Å². The van der Waals surface area contributed by atoms with Crippen LogP contribution in [0.15, 0.2) is 48.5 Å². The van der Waals surface area contributed by atoms with Crippen molar-refractivity contribution in [1.82, 2.24) is 4.90 Å². The van der Waals surface area contributed by atoms with Gasteiger partial charge in [-0.1, -0.05) is 35.9 Å². The predicted molar refractivity (Wildman–Crippen MR) is 99.9 cm³/mol. The minimum Gasteiger partial charge on any atom is -0.369 e. The van der Waals surface area contributed by atoms with E-state index in [-0.39, 0.29) is 5.91 Å². The normalized spacial score (nSPS) is 15.3. The van der Waals surface area contributed by atoms with Crippen molar-refractivity contribution in [3.63, 3.8) is 0 Å². The van der Waals surface area contributed by atoms with Crippen molar-refractivity contribution < 1.29 is 4.79 Å². The quantitative estimate of drug-likeness (QED) is 0.924. The van der Waals surface area contributed by atoms with E-state index in [9.17, 15) is 4.79 Å². The van der Waals surface area contributed by atoms with Gasteiger partial charge in [-0.15, -0.1) is 0 Å². The monoisotopic (exact) mass is 343 g/mol. The van der Waals surface area contributed by atoms with Crippen LogP contribution in [-0.4, -0.2) is 43.5 Å². The number of carbonyl (C=O) groups is 1. The summed E-state index contributed by atoms with van der Waals surface area (Å²) in [5.74, 6) is 0.00149. The Morgan fingerprint density at radius 3 is 2.54 bits per heavy atom. The highest BCUT2D eigenvalue weighted by atomic mass is 35.5. The summed E-state index contributed by atoms with van der Waals surface area (Å²) in [6.45, 7) is 6.20. The Kier molecular flexibility index (Phi) is 5.38. The van der Waals surface area contributed by atoms with Gasteiger partial charge in [-0.3, -0.25) is 9.69 Å². The van der Waals surface area contributed by atoms with Gasteiger partial charge < -0.3 is 10.2 Å². The Balaban J connectivity index is 1.50. The van der Waals surface area contributed by atoms with Gasteiger partial charge in [0.1, 0.15) is 0 Å². The second-order valence-electron chi connectivity index (χ2n) is 6.11. The third-order valence-electron chi connectivity index (χ3n) is 4.30. The first-order chi connectivity index (χ1) is 11.6. The van der Waals surface area contributed by atoms with Crippen molar-refractivity contribution >= 4 is 28.9 Å². The van der Waals surface area contributed by atoms with E-state index in [1.54, 1.807) is 12.1 Å². The molecule has 4 nitrogen and oxygen atoms in total. The molecule has 1 N–H and O–H groups in total. The van der Waals surface area contributed by atoms with Gasteiger partial charge >= 0.3 is 0 Å². The van der Waals surface area contributed by atoms with Crippen LogP contribution in [-0.2, 0) is 4.79 Å². The first kappa shape index (κ1) is 16.8. The Morgan fingerprint density at radius 1 is 1.08 bits per heavy atom. The zero-order chi connectivity index (χ0) is 16.9. The molecule has 0 atom stereocenters. The average Bonchev–Trinajstić information content (AvgIpc) is 2.56. The molecule has 0 spiro atoms. The zero-order valence-corrected chi connectivity index (χ0v) is 14.6. The number of nitrogens with zero attached hydrogens (tertiary/aromatic N) is 2. The number of carbonyl (C=O) groups excluding carboxylic acids is 1. The van der Waals surface area contributed by atoms with Crippen molar-refractivity contribution in [1.29, 1.82) is 0 Å². The molecule has 0 aliphatic carbocycles. The molecule has 1 saturated heterocycles. The summed E-state index contributed by atoms with van der Waals surface area (Å²) in [5.41, 5.74) is 3.33. The molecule has 2 aromatic carbocycles. The molecule has 1 aliphatic heterocycles. The molecule has 2 aromatic rings. The number of amides is 1. The minimum atomic E-state index is 0.00149. The summed E-state index contributed by atoms with van der Waals surface area (Å²) >= 11 is 5.94. The first-order valence-electron chi connectivity index (χ1n) is 8.20. The SMILES string of the molecule is Cc1ccccc1N1CCN(CC(=O)Nc2cccc(Cl)c2)CC1. The van der Waals surface area contributed by atoms with Gasteiger partial charge in [0.2, 0.25) is 5.91 Å². The van der Waals surface area contributed by atoms with E-state index in [1.807, 2.05) is 12.1 Å². The van der Waals surface area contributed by atoms with Crippen molar-refractivity contribution in [2.45, 2.75) is 6.92 Å². The summed E-state index contributed by atoms with van der Waals surface area (Å²) in [6, 6.07) is 15.7. The molecule has 24 heavy (non-hydrogen) atoms. The molecule has 0 saturated carbocycles. The van der Waals surface area contributed by atoms with Gasteiger partial charge in [-0.05, 0) is 36.8 Å². The maximum absolute atomic E-state index is 12.2. The van der Waals surface area contributed by atoms with E-state index in [1.165, 1.54) is 11.3 Å². The third-order valence-corrected chi connectivity index (χ3v) is 4.54. The van der Waals surface area contributed by atoms with Crippen LogP contribution in [0.5, 0.6) is 0 Å². The Bertz CT molecular complexity index is 711. The highest BCUT2D eigenvalue weighted by Crippen LogP contribution is 2.21. The van der Waals surface area contributed by atoms with Gasteiger partial charge in [-0.2, -0.15) is 0 Å². The van der Waals surface area contributed by atoms with Gasteiger partial charge in [0.25, 0.3) is 0 Å². The van der Waals surface area contributed by atoms with E-state index in [0.717, 1.165) is 31.9 Å². The summed E-state index contributed by atoms with van der Waals surface area (Å²) in [4.78, 5) is 16.8. The predicted octanol–water partition coefficient (Wildman–Crippen LogP) is 3.41. The third kappa shape index (κ3) is 4.28. The number of piperazine rings is 1. The fraction of sp³-hybridized carbons (Fsp3) is 0.316. The standard InChI is InChI=1S/C19H22ClN3O/c1-15-5-2-3-8-18(15)23-11-9-22(10-12-23)14-19(24)21-17-7-4-6-16(20)13-17/h2-8,13H,9-12,14H2,1H3,(H,21,24). The van der Waals surface area contributed by atoms with E-state index < -0.39 is 0 Å². The van der Waals surface area contributed by atoms with Crippen LogP contribution in [0, 0.1) is 6.92 Å². The number of anilines is 2.